The number of amides is 1. The third-order valence-corrected chi connectivity index (χ3v) is 4.79. The van der Waals surface area contributed by atoms with Crippen molar-refractivity contribution in [3.8, 4) is 0 Å². The van der Waals surface area contributed by atoms with Gasteiger partial charge in [0.25, 0.3) is 5.91 Å². The largest absolute Gasteiger partial charge is 0.351 e. The standard InChI is InChI=1S/C21H29N5O/c1-17(2)8-10-22-20(27)19-9-11-23-21(24-19)26-14-12-25(13-15-26)16-18-6-4-3-5-7-18/h3-7,9,11,17H,8,10,12-16H2,1-2H3,(H,22,27). The summed E-state index contributed by atoms with van der Waals surface area (Å²) in [5, 5.41) is 2.94. The Labute approximate surface area is 161 Å². The lowest BCUT2D eigenvalue weighted by molar-refractivity contribution is 0.0947. The molecule has 2 aromatic rings. The zero-order valence-electron chi connectivity index (χ0n) is 16.3. The molecule has 1 aliphatic rings. The summed E-state index contributed by atoms with van der Waals surface area (Å²) in [5.74, 6) is 1.09. The van der Waals surface area contributed by atoms with E-state index in [1.54, 1.807) is 12.3 Å². The average molecular weight is 367 g/mol. The number of rotatable bonds is 7. The molecule has 1 fully saturated rings. The molecule has 1 saturated heterocycles. The van der Waals surface area contributed by atoms with Crippen molar-refractivity contribution in [2.24, 2.45) is 5.92 Å². The van der Waals surface area contributed by atoms with Crippen LogP contribution in [0.4, 0.5) is 5.95 Å². The Morgan fingerprint density at radius 3 is 2.56 bits per heavy atom. The molecule has 0 atom stereocenters. The van der Waals surface area contributed by atoms with E-state index >= 15 is 0 Å². The number of nitrogens with one attached hydrogen (secondary N) is 1. The fourth-order valence-corrected chi connectivity index (χ4v) is 3.14. The lowest BCUT2D eigenvalue weighted by Crippen LogP contribution is -2.46. The summed E-state index contributed by atoms with van der Waals surface area (Å²) in [5.41, 5.74) is 1.78. The van der Waals surface area contributed by atoms with E-state index in [4.69, 9.17) is 0 Å². The number of piperazine rings is 1. The number of hydrogen-bond acceptors (Lipinski definition) is 5. The van der Waals surface area contributed by atoms with Crippen LogP contribution in [0.5, 0.6) is 0 Å². The monoisotopic (exact) mass is 367 g/mol. The lowest BCUT2D eigenvalue weighted by atomic mass is 10.1. The summed E-state index contributed by atoms with van der Waals surface area (Å²) < 4.78 is 0. The second-order valence-electron chi connectivity index (χ2n) is 7.43. The van der Waals surface area contributed by atoms with Crippen molar-refractivity contribution in [3.63, 3.8) is 0 Å². The summed E-state index contributed by atoms with van der Waals surface area (Å²) in [4.78, 5) is 25.8. The molecule has 0 radical (unpaired) electrons. The smallest absolute Gasteiger partial charge is 0.270 e. The highest BCUT2D eigenvalue weighted by Gasteiger charge is 2.20. The van der Waals surface area contributed by atoms with Crippen molar-refractivity contribution < 1.29 is 4.79 Å². The second-order valence-corrected chi connectivity index (χ2v) is 7.43. The van der Waals surface area contributed by atoms with Crippen LogP contribution >= 0.6 is 0 Å². The van der Waals surface area contributed by atoms with Gasteiger partial charge < -0.3 is 10.2 Å². The van der Waals surface area contributed by atoms with Gasteiger partial charge in [-0.3, -0.25) is 9.69 Å². The predicted molar refractivity (Wildman–Crippen MR) is 108 cm³/mol. The molecule has 1 aromatic carbocycles. The summed E-state index contributed by atoms with van der Waals surface area (Å²) in [6, 6.07) is 12.2. The maximum atomic E-state index is 12.3. The Bertz CT molecular complexity index is 726. The van der Waals surface area contributed by atoms with Gasteiger partial charge in [0.15, 0.2) is 0 Å². The highest BCUT2D eigenvalue weighted by molar-refractivity contribution is 5.92. The Balaban J connectivity index is 1.53. The first-order valence-corrected chi connectivity index (χ1v) is 9.74. The molecule has 144 valence electrons. The summed E-state index contributed by atoms with van der Waals surface area (Å²) in [6.07, 6.45) is 2.64. The number of benzene rings is 1. The normalized spacial score (nSPS) is 15.1. The number of carbonyl (C=O) groups is 1. The molecule has 6 heteroatoms. The number of nitrogens with zero attached hydrogens (tertiary/aromatic N) is 4. The van der Waals surface area contributed by atoms with Crippen molar-refractivity contribution in [2.75, 3.05) is 37.6 Å². The van der Waals surface area contributed by atoms with Gasteiger partial charge in [0.05, 0.1) is 0 Å². The van der Waals surface area contributed by atoms with Gasteiger partial charge in [-0.25, -0.2) is 9.97 Å². The first kappa shape index (κ1) is 19.3. The van der Waals surface area contributed by atoms with E-state index in [9.17, 15) is 4.79 Å². The van der Waals surface area contributed by atoms with E-state index < -0.39 is 0 Å². The molecule has 1 N–H and O–H groups in total. The highest BCUT2D eigenvalue weighted by Crippen LogP contribution is 2.13. The van der Waals surface area contributed by atoms with E-state index in [-0.39, 0.29) is 5.91 Å². The van der Waals surface area contributed by atoms with Crippen molar-refractivity contribution in [1.82, 2.24) is 20.2 Å². The van der Waals surface area contributed by atoms with Gasteiger partial charge in [-0.15, -0.1) is 0 Å². The van der Waals surface area contributed by atoms with Gasteiger partial charge >= 0.3 is 0 Å². The van der Waals surface area contributed by atoms with E-state index in [0.717, 1.165) is 39.1 Å². The fourth-order valence-electron chi connectivity index (χ4n) is 3.14. The van der Waals surface area contributed by atoms with Crippen LogP contribution in [0.1, 0.15) is 36.3 Å². The minimum absolute atomic E-state index is 0.123. The third-order valence-electron chi connectivity index (χ3n) is 4.79. The minimum Gasteiger partial charge on any atom is -0.351 e. The fraction of sp³-hybridized carbons (Fsp3) is 0.476. The molecule has 0 unspecified atom stereocenters. The predicted octanol–water partition coefficient (Wildman–Crippen LogP) is 2.57. The topological polar surface area (TPSA) is 61.4 Å². The van der Waals surface area contributed by atoms with Crippen molar-refractivity contribution in [2.45, 2.75) is 26.8 Å². The number of hydrogen-bond donors (Lipinski definition) is 1. The Hall–Kier alpha value is -2.47. The van der Waals surface area contributed by atoms with Crippen molar-refractivity contribution in [3.05, 3.63) is 53.9 Å². The molecule has 1 aromatic heterocycles. The minimum atomic E-state index is -0.123. The van der Waals surface area contributed by atoms with Gasteiger partial charge in [-0.05, 0) is 24.0 Å². The second kappa shape index (κ2) is 9.46. The van der Waals surface area contributed by atoms with Gasteiger partial charge in [0.2, 0.25) is 5.95 Å². The molecular weight excluding hydrogens is 338 g/mol. The molecule has 2 heterocycles. The van der Waals surface area contributed by atoms with Crippen LogP contribution in [0.2, 0.25) is 0 Å². The van der Waals surface area contributed by atoms with Gasteiger partial charge in [0, 0.05) is 45.5 Å². The van der Waals surface area contributed by atoms with Gasteiger partial charge in [-0.2, -0.15) is 0 Å². The quantitative estimate of drug-likeness (QED) is 0.815. The maximum absolute atomic E-state index is 12.3. The van der Waals surface area contributed by atoms with Crippen LogP contribution < -0.4 is 10.2 Å². The number of aromatic nitrogens is 2. The molecule has 0 bridgehead atoms. The molecule has 3 rings (SSSR count). The van der Waals surface area contributed by atoms with E-state index in [2.05, 4.69) is 63.2 Å². The molecule has 1 aliphatic heterocycles. The van der Waals surface area contributed by atoms with Crippen molar-refractivity contribution in [1.29, 1.82) is 0 Å². The van der Waals surface area contributed by atoms with E-state index in [1.807, 2.05) is 6.07 Å². The summed E-state index contributed by atoms with van der Waals surface area (Å²) in [7, 11) is 0. The molecule has 27 heavy (non-hydrogen) atoms. The SMILES string of the molecule is CC(C)CCNC(=O)c1ccnc(N2CCN(Cc3ccccc3)CC2)n1. The zero-order chi connectivity index (χ0) is 19.1. The summed E-state index contributed by atoms with van der Waals surface area (Å²) in [6.45, 7) is 9.59. The van der Waals surface area contributed by atoms with E-state index in [0.29, 0.717) is 24.1 Å². The molecule has 0 aliphatic carbocycles. The van der Waals surface area contributed by atoms with Crippen LogP contribution in [0.3, 0.4) is 0 Å². The Morgan fingerprint density at radius 2 is 1.85 bits per heavy atom. The zero-order valence-corrected chi connectivity index (χ0v) is 16.3. The van der Waals surface area contributed by atoms with Gasteiger partial charge in [-0.1, -0.05) is 44.2 Å². The first-order valence-electron chi connectivity index (χ1n) is 9.74. The first-order chi connectivity index (χ1) is 13.1. The molecule has 6 nitrogen and oxygen atoms in total. The van der Waals surface area contributed by atoms with Crippen LogP contribution in [-0.4, -0.2) is 53.5 Å². The molecule has 0 saturated carbocycles. The third kappa shape index (κ3) is 5.76. The molecule has 0 spiro atoms. The Kier molecular flexibility index (Phi) is 6.76. The van der Waals surface area contributed by atoms with Crippen LogP contribution in [0.15, 0.2) is 42.6 Å². The van der Waals surface area contributed by atoms with Crippen molar-refractivity contribution >= 4 is 11.9 Å². The van der Waals surface area contributed by atoms with Crippen LogP contribution in [0, 0.1) is 5.92 Å². The van der Waals surface area contributed by atoms with Gasteiger partial charge in [0.1, 0.15) is 5.69 Å². The molecule has 1 amide bonds. The maximum Gasteiger partial charge on any atom is 0.270 e. The number of anilines is 1. The lowest BCUT2D eigenvalue weighted by Gasteiger charge is -2.34. The number of carbonyl (C=O) groups excluding carboxylic acids is 1. The Morgan fingerprint density at radius 1 is 1.11 bits per heavy atom. The highest BCUT2D eigenvalue weighted by atomic mass is 16.1. The van der Waals surface area contributed by atoms with Crippen LogP contribution in [0.25, 0.3) is 0 Å². The molecular formula is C21H29N5O. The average Bonchev–Trinajstić information content (AvgIpc) is 2.69. The summed E-state index contributed by atoms with van der Waals surface area (Å²) >= 11 is 0. The van der Waals surface area contributed by atoms with E-state index in [1.165, 1.54) is 5.56 Å². The van der Waals surface area contributed by atoms with Crippen LogP contribution in [-0.2, 0) is 6.54 Å².